The van der Waals surface area contributed by atoms with Crippen molar-refractivity contribution in [2.45, 2.75) is 30.0 Å². The first-order valence-corrected chi connectivity index (χ1v) is 11.8. The summed E-state index contributed by atoms with van der Waals surface area (Å²) in [7, 11) is 0. The van der Waals surface area contributed by atoms with Gasteiger partial charge in [0.2, 0.25) is 22.8 Å². The molecule has 148 valence electrons. The molecule has 0 saturated carbocycles. The van der Waals surface area contributed by atoms with Crippen LogP contribution in [0.15, 0.2) is 25.6 Å². The summed E-state index contributed by atoms with van der Waals surface area (Å²) in [5.74, 6) is 2.40. The maximum absolute atomic E-state index is 12.3. The van der Waals surface area contributed by atoms with Crippen LogP contribution in [-0.4, -0.2) is 56.6 Å². The molecule has 0 aromatic carbocycles. The summed E-state index contributed by atoms with van der Waals surface area (Å²) >= 11 is 4.64. The number of thioether (sulfide) groups is 1. The Bertz CT molecular complexity index is 902. The number of likely N-dealkylation sites (tertiary alicyclic amines) is 1. The maximum atomic E-state index is 12.3. The van der Waals surface area contributed by atoms with E-state index in [0.717, 1.165) is 41.6 Å². The molecule has 1 amide bonds. The topological polar surface area (TPSA) is 97.0 Å². The zero-order valence-corrected chi connectivity index (χ0v) is 17.8. The molecule has 1 saturated heterocycles. The molecule has 4 heterocycles. The SMILES string of the molecule is CCSc1nnc(NC(=O)CN2CCC(c3nnc(-c4ccsc4)o3)CC2)s1. The number of nitrogens with zero attached hydrogens (tertiary/aromatic N) is 5. The van der Waals surface area contributed by atoms with Crippen LogP contribution < -0.4 is 5.32 Å². The fraction of sp³-hybridized carbons (Fsp3) is 0.471. The average molecular weight is 437 g/mol. The molecular weight excluding hydrogens is 416 g/mol. The minimum atomic E-state index is -0.0554. The largest absolute Gasteiger partial charge is 0.420 e. The standard InChI is InChI=1S/C17H20N6O2S3/c1-2-27-17-22-21-16(28-17)18-13(24)9-23-6-3-11(4-7-23)14-19-20-15(25-14)12-5-8-26-10-12/h5,8,10-11H,2-4,6-7,9H2,1H3,(H,18,21,24). The lowest BCUT2D eigenvalue weighted by atomic mass is 9.97. The van der Waals surface area contributed by atoms with Gasteiger partial charge in [0.15, 0.2) is 4.34 Å². The smallest absolute Gasteiger partial charge is 0.248 e. The second-order valence-corrected chi connectivity index (χ2v) is 9.63. The summed E-state index contributed by atoms with van der Waals surface area (Å²) in [5.41, 5.74) is 0.968. The van der Waals surface area contributed by atoms with Gasteiger partial charge in [-0.05, 0) is 43.1 Å². The normalized spacial score (nSPS) is 15.8. The Morgan fingerprint density at radius 1 is 1.32 bits per heavy atom. The molecule has 0 atom stereocenters. The van der Waals surface area contributed by atoms with Crippen LogP contribution in [-0.2, 0) is 4.79 Å². The van der Waals surface area contributed by atoms with Crippen molar-refractivity contribution in [3.05, 3.63) is 22.7 Å². The van der Waals surface area contributed by atoms with Gasteiger partial charge in [0, 0.05) is 16.9 Å². The Morgan fingerprint density at radius 3 is 2.93 bits per heavy atom. The number of carbonyl (C=O) groups is 1. The van der Waals surface area contributed by atoms with Gasteiger partial charge in [0.05, 0.1) is 6.54 Å². The number of anilines is 1. The second kappa shape index (κ2) is 9.12. The second-order valence-electron chi connectivity index (χ2n) is 6.36. The molecule has 1 N–H and O–H groups in total. The van der Waals surface area contributed by atoms with E-state index in [2.05, 4.69) is 37.5 Å². The van der Waals surface area contributed by atoms with Crippen molar-refractivity contribution < 1.29 is 9.21 Å². The van der Waals surface area contributed by atoms with E-state index in [9.17, 15) is 4.79 Å². The minimum absolute atomic E-state index is 0.0554. The first kappa shape index (κ1) is 19.5. The Labute approximate surface area is 174 Å². The van der Waals surface area contributed by atoms with Crippen molar-refractivity contribution in [3.8, 4) is 11.5 Å². The molecule has 1 aliphatic heterocycles. The van der Waals surface area contributed by atoms with Crippen LogP contribution in [0, 0.1) is 0 Å². The predicted octanol–water partition coefficient (Wildman–Crippen LogP) is 3.58. The molecule has 0 bridgehead atoms. The Balaban J connectivity index is 1.25. The lowest BCUT2D eigenvalue weighted by molar-refractivity contribution is -0.117. The quantitative estimate of drug-likeness (QED) is 0.443. The summed E-state index contributed by atoms with van der Waals surface area (Å²) in [4.78, 5) is 14.4. The van der Waals surface area contributed by atoms with Crippen LogP contribution in [0.3, 0.4) is 0 Å². The molecule has 0 spiro atoms. The van der Waals surface area contributed by atoms with E-state index < -0.39 is 0 Å². The number of hydrogen-bond donors (Lipinski definition) is 1. The Morgan fingerprint density at radius 2 is 2.18 bits per heavy atom. The average Bonchev–Trinajstić information content (AvgIpc) is 3.44. The van der Waals surface area contributed by atoms with E-state index in [4.69, 9.17) is 4.42 Å². The third kappa shape index (κ3) is 4.77. The molecule has 0 unspecified atom stereocenters. The van der Waals surface area contributed by atoms with Crippen LogP contribution in [0.5, 0.6) is 0 Å². The fourth-order valence-corrected chi connectivity index (χ4v) is 5.34. The lowest BCUT2D eigenvalue weighted by Crippen LogP contribution is -2.38. The summed E-state index contributed by atoms with van der Waals surface area (Å²) < 4.78 is 6.73. The highest BCUT2D eigenvalue weighted by molar-refractivity contribution is 8.01. The molecular formula is C17H20N6O2S3. The summed E-state index contributed by atoms with van der Waals surface area (Å²) in [6.45, 7) is 4.06. The number of aromatic nitrogens is 4. The van der Waals surface area contributed by atoms with Gasteiger partial charge in [-0.25, -0.2) is 0 Å². The van der Waals surface area contributed by atoms with E-state index >= 15 is 0 Å². The van der Waals surface area contributed by atoms with Crippen LogP contribution in [0.2, 0.25) is 0 Å². The van der Waals surface area contributed by atoms with Crippen molar-refractivity contribution in [1.82, 2.24) is 25.3 Å². The number of amides is 1. The number of rotatable bonds is 7. The van der Waals surface area contributed by atoms with Crippen molar-refractivity contribution in [3.63, 3.8) is 0 Å². The summed E-state index contributed by atoms with van der Waals surface area (Å²) in [6, 6.07) is 1.98. The molecule has 1 aliphatic rings. The Kier molecular flexibility index (Phi) is 6.35. The Hall–Kier alpha value is -1.82. The third-order valence-electron chi connectivity index (χ3n) is 4.43. The highest BCUT2D eigenvalue weighted by atomic mass is 32.2. The fourth-order valence-electron chi connectivity index (χ4n) is 3.04. The van der Waals surface area contributed by atoms with E-state index in [1.165, 1.54) is 11.3 Å². The monoisotopic (exact) mass is 436 g/mol. The van der Waals surface area contributed by atoms with Crippen LogP contribution in [0.1, 0.15) is 31.6 Å². The summed E-state index contributed by atoms with van der Waals surface area (Å²) in [5, 5.41) is 23.8. The minimum Gasteiger partial charge on any atom is -0.420 e. The number of carbonyl (C=O) groups excluding carboxylic acids is 1. The third-order valence-corrected chi connectivity index (χ3v) is 6.97. The maximum Gasteiger partial charge on any atom is 0.248 e. The highest BCUT2D eigenvalue weighted by Crippen LogP contribution is 2.30. The van der Waals surface area contributed by atoms with Gasteiger partial charge in [0.25, 0.3) is 0 Å². The molecule has 28 heavy (non-hydrogen) atoms. The van der Waals surface area contributed by atoms with Gasteiger partial charge in [-0.1, -0.05) is 30.0 Å². The van der Waals surface area contributed by atoms with Gasteiger partial charge in [-0.3, -0.25) is 15.0 Å². The number of nitrogens with one attached hydrogen (secondary N) is 1. The summed E-state index contributed by atoms with van der Waals surface area (Å²) in [6.07, 6.45) is 1.79. The van der Waals surface area contributed by atoms with Crippen molar-refractivity contribution in [2.24, 2.45) is 0 Å². The molecule has 3 aromatic heterocycles. The van der Waals surface area contributed by atoms with Gasteiger partial charge in [0.1, 0.15) is 0 Å². The molecule has 1 fully saturated rings. The lowest BCUT2D eigenvalue weighted by Gasteiger charge is -2.29. The zero-order chi connectivity index (χ0) is 19.3. The van der Waals surface area contributed by atoms with Crippen LogP contribution in [0.4, 0.5) is 5.13 Å². The van der Waals surface area contributed by atoms with E-state index in [0.29, 0.717) is 23.5 Å². The van der Waals surface area contributed by atoms with Crippen molar-refractivity contribution in [2.75, 3.05) is 30.7 Å². The zero-order valence-electron chi connectivity index (χ0n) is 15.3. The number of piperidine rings is 1. The first-order valence-electron chi connectivity index (χ1n) is 9.05. The molecule has 0 radical (unpaired) electrons. The molecule has 8 nitrogen and oxygen atoms in total. The first-order chi connectivity index (χ1) is 13.7. The van der Waals surface area contributed by atoms with Crippen LogP contribution >= 0.6 is 34.4 Å². The van der Waals surface area contributed by atoms with Gasteiger partial charge in [-0.2, -0.15) is 11.3 Å². The molecule has 11 heteroatoms. The van der Waals surface area contributed by atoms with Crippen molar-refractivity contribution >= 4 is 45.5 Å². The van der Waals surface area contributed by atoms with Gasteiger partial charge < -0.3 is 4.42 Å². The highest BCUT2D eigenvalue weighted by Gasteiger charge is 2.26. The van der Waals surface area contributed by atoms with Gasteiger partial charge >= 0.3 is 0 Å². The van der Waals surface area contributed by atoms with E-state index in [-0.39, 0.29) is 11.8 Å². The molecule has 4 rings (SSSR count). The predicted molar refractivity (Wildman–Crippen MR) is 111 cm³/mol. The number of thiophene rings is 1. The van der Waals surface area contributed by atoms with Crippen LogP contribution in [0.25, 0.3) is 11.5 Å². The van der Waals surface area contributed by atoms with Gasteiger partial charge in [-0.15, -0.1) is 20.4 Å². The van der Waals surface area contributed by atoms with Crippen molar-refractivity contribution in [1.29, 1.82) is 0 Å². The molecule has 3 aromatic rings. The molecule has 0 aliphatic carbocycles. The van der Waals surface area contributed by atoms with E-state index in [1.807, 2.05) is 16.8 Å². The number of hydrogen-bond acceptors (Lipinski definition) is 10. The van der Waals surface area contributed by atoms with E-state index in [1.54, 1.807) is 23.1 Å².